The summed E-state index contributed by atoms with van der Waals surface area (Å²) < 4.78 is 10.6. The number of benzene rings is 1. The summed E-state index contributed by atoms with van der Waals surface area (Å²) in [5.41, 5.74) is 0.486. The van der Waals surface area contributed by atoms with E-state index in [1.165, 1.54) is 25.6 Å². The number of rotatable bonds is 9. The van der Waals surface area contributed by atoms with Crippen molar-refractivity contribution in [3.05, 3.63) is 51.7 Å². The third kappa shape index (κ3) is 4.45. The van der Waals surface area contributed by atoms with Crippen LogP contribution in [0.25, 0.3) is 5.76 Å². The number of aliphatic hydroxyl groups excluding tert-OH is 1. The summed E-state index contributed by atoms with van der Waals surface area (Å²) in [4.78, 5) is 30.6. The second-order valence-corrected chi connectivity index (χ2v) is 8.08. The largest absolute Gasteiger partial charge is 0.507 e. The van der Waals surface area contributed by atoms with Crippen LogP contribution in [0.1, 0.15) is 30.3 Å². The lowest BCUT2D eigenvalue weighted by atomic mass is 9.99. The zero-order chi connectivity index (χ0) is 22.5. The van der Waals surface area contributed by atoms with Crippen molar-refractivity contribution >= 4 is 28.8 Å². The lowest BCUT2D eigenvalue weighted by Crippen LogP contribution is -2.37. The maximum Gasteiger partial charge on any atom is 0.295 e. The van der Waals surface area contributed by atoms with Gasteiger partial charge in [0.2, 0.25) is 0 Å². The van der Waals surface area contributed by atoms with Crippen molar-refractivity contribution in [2.24, 2.45) is 0 Å². The van der Waals surface area contributed by atoms with Gasteiger partial charge in [-0.05, 0) is 42.7 Å². The predicted molar refractivity (Wildman–Crippen MR) is 121 cm³/mol. The highest BCUT2D eigenvalue weighted by Crippen LogP contribution is 2.41. The molecule has 1 N–H and O–H groups in total. The smallest absolute Gasteiger partial charge is 0.295 e. The van der Waals surface area contributed by atoms with Gasteiger partial charge in [-0.1, -0.05) is 19.9 Å². The number of methoxy groups -OCH3 is 2. The molecule has 1 unspecified atom stereocenters. The zero-order valence-electron chi connectivity index (χ0n) is 18.3. The van der Waals surface area contributed by atoms with E-state index in [4.69, 9.17) is 9.47 Å². The number of carbonyl (C=O) groups excluding carboxylic acids is 2. The second kappa shape index (κ2) is 9.98. The number of thiophene rings is 1. The van der Waals surface area contributed by atoms with Gasteiger partial charge < -0.3 is 24.4 Å². The van der Waals surface area contributed by atoms with Gasteiger partial charge in [0.1, 0.15) is 5.76 Å². The highest BCUT2D eigenvalue weighted by atomic mass is 32.1. The van der Waals surface area contributed by atoms with Gasteiger partial charge in [0.05, 0.1) is 25.8 Å². The first-order valence-corrected chi connectivity index (χ1v) is 11.1. The standard InChI is InChI=1S/C23H28N2O5S/c1-5-24(6-2)11-12-25-20(18-8-7-13-31-18)19(22(27)23(25)28)21(26)15-9-10-16(29-3)17(14-15)30-4/h7-10,13-14,20,26H,5-6,11-12H2,1-4H3. The molecule has 1 amide bonds. The van der Waals surface area contributed by atoms with Crippen molar-refractivity contribution in [2.45, 2.75) is 19.9 Å². The molecular weight excluding hydrogens is 416 g/mol. The Balaban J connectivity index is 2.07. The quantitative estimate of drug-likeness (QED) is 0.362. The number of Topliss-reactive ketones (excluding diaryl/α,β-unsaturated/α-hetero) is 1. The number of amides is 1. The Labute approximate surface area is 186 Å². The lowest BCUT2D eigenvalue weighted by Gasteiger charge is -2.27. The van der Waals surface area contributed by atoms with Crippen LogP contribution in [-0.2, 0) is 9.59 Å². The van der Waals surface area contributed by atoms with Crippen molar-refractivity contribution in [3.8, 4) is 11.5 Å². The van der Waals surface area contributed by atoms with E-state index in [0.29, 0.717) is 30.2 Å². The summed E-state index contributed by atoms with van der Waals surface area (Å²) in [5, 5.41) is 13.0. The molecule has 31 heavy (non-hydrogen) atoms. The summed E-state index contributed by atoms with van der Waals surface area (Å²) in [6.07, 6.45) is 0. The van der Waals surface area contributed by atoms with E-state index < -0.39 is 17.7 Å². The van der Waals surface area contributed by atoms with Crippen LogP contribution in [-0.4, -0.2) is 67.0 Å². The molecule has 1 atom stereocenters. The van der Waals surface area contributed by atoms with Crippen LogP contribution in [0.3, 0.4) is 0 Å². The fourth-order valence-corrected chi connectivity index (χ4v) is 4.63. The molecule has 8 heteroatoms. The van der Waals surface area contributed by atoms with E-state index in [1.54, 1.807) is 23.1 Å². The molecule has 1 fully saturated rings. The van der Waals surface area contributed by atoms with E-state index in [1.807, 2.05) is 17.5 Å². The maximum atomic E-state index is 13.0. The SMILES string of the molecule is CCN(CC)CCN1C(=O)C(=O)C(=C(O)c2ccc(OC)c(OC)c2)C1c1cccs1. The van der Waals surface area contributed by atoms with Gasteiger partial charge in [0.25, 0.3) is 11.7 Å². The second-order valence-electron chi connectivity index (χ2n) is 7.10. The predicted octanol–water partition coefficient (Wildman–Crippen LogP) is 3.53. The van der Waals surface area contributed by atoms with Crippen LogP contribution < -0.4 is 9.47 Å². The summed E-state index contributed by atoms with van der Waals surface area (Å²) >= 11 is 1.45. The van der Waals surface area contributed by atoms with Gasteiger partial charge in [-0.15, -0.1) is 11.3 Å². The first-order chi connectivity index (χ1) is 15.0. The minimum Gasteiger partial charge on any atom is -0.507 e. The first kappa shape index (κ1) is 22.8. The number of likely N-dealkylation sites (tertiary alicyclic amines) is 1. The summed E-state index contributed by atoms with van der Waals surface area (Å²) in [7, 11) is 3.02. The first-order valence-electron chi connectivity index (χ1n) is 10.2. The van der Waals surface area contributed by atoms with Crippen molar-refractivity contribution in [3.63, 3.8) is 0 Å². The molecule has 166 valence electrons. The molecule has 1 aromatic carbocycles. The molecule has 1 aliphatic rings. The fraction of sp³-hybridized carbons (Fsp3) is 0.391. The lowest BCUT2D eigenvalue weighted by molar-refractivity contribution is -0.140. The van der Waals surface area contributed by atoms with Gasteiger partial charge in [0, 0.05) is 23.5 Å². The van der Waals surface area contributed by atoms with Crippen molar-refractivity contribution in [1.82, 2.24) is 9.80 Å². The number of ether oxygens (including phenoxy) is 2. The Morgan fingerprint density at radius 2 is 1.84 bits per heavy atom. The van der Waals surface area contributed by atoms with Crippen molar-refractivity contribution < 1.29 is 24.2 Å². The Morgan fingerprint density at radius 1 is 1.13 bits per heavy atom. The molecule has 0 spiro atoms. The molecule has 0 aliphatic carbocycles. The van der Waals surface area contributed by atoms with Crippen molar-refractivity contribution in [1.29, 1.82) is 0 Å². The van der Waals surface area contributed by atoms with Crippen LogP contribution in [0.15, 0.2) is 41.3 Å². The van der Waals surface area contributed by atoms with E-state index in [0.717, 1.165) is 18.0 Å². The molecule has 2 aromatic rings. The number of carbonyl (C=O) groups is 2. The molecule has 7 nitrogen and oxygen atoms in total. The number of aliphatic hydroxyl groups is 1. The van der Waals surface area contributed by atoms with E-state index in [-0.39, 0.29) is 11.3 Å². The summed E-state index contributed by atoms with van der Waals surface area (Å²) in [6, 6.07) is 8.04. The average Bonchev–Trinajstić information content (AvgIpc) is 3.41. The summed E-state index contributed by atoms with van der Waals surface area (Å²) in [6.45, 7) is 6.89. The normalized spacial score (nSPS) is 18.1. The Kier molecular flexibility index (Phi) is 7.35. The number of hydrogen-bond donors (Lipinski definition) is 1. The van der Waals surface area contributed by atoms with Gasteiger partial charge in [-0.2, -0.15) is 0 Å². The summed E-state index contributed by atoms with van der Waals surface area (Å²) in [5.74, 6) is -0.552. The zero-order valence-corrected chi connectivity index (χ0v) is 19.1. The Hall–Kier alpha value is -2.84. The van der Waals surface area contributed by atoms with Gasteiger partial charge in [-0.3, -0.25) is 9.59 Å². The molecule has 0 radical (unpaired) electrons. The topological polar surface area (TPSA) is 79.3 Å². The van der Waals surface area contributed by atoms with Crippen LogP contribution in [0.2, 0.25) is 0 Å². The molecule has 1 aliphatic heterocycles. The van der Waals surface area contributed by atoms with Gasteiger partial charge >= 0.3 is 0 Å². The molecule has 0 bridgehead atoms. The van der Waals surface area contributed by atoms with Crippen LogP contribution in [0, 0.1) is 0 Å². The highest BCUT2D eigenvalue weighted by Gasteiger charge is 2.46. The van der Waals surface area contributed by atoms with Crippen LogP contribution in [0.4, 0.5) is 0 Å². The van der Waals surface area contributed by atoms with E-state index in [9.17, 15) is 14.7 Å². The number of nitrogens with zero attached hydrogens (tertiary/aromatic N) is 2. The minimum absolute atomic E-state index is 0.0965. The molecule has 3 rings (SSSR count). The maximum absolute atomic E-state index is 13.0. The molecular formula is C23H28N2O5S. The minimum atomic E-state index is -0.676. The van der Waals surface area contributed by atoms with Gasteiger partial charge in [-0.25, -0.2) is 0 Å². The highest BCUT2D eigenvalue weighted by molar-refractivity contribution is 7.10. The Bertz CT molecular complexity index is 966. The van der Waals surface area contributed by atoms with Crippen LogP contribution in [0.5, 0.6) is 11.5 Å². The monoisotopic (exact) mass is 444 g/mol. The van der Waals surface area contributed by atoms with E-state index in [2.05, 4.69) is 18.7 Å². The van der Waals surface area contributed by atoms with E-state index >= 15 is 0 Å². The average molecular weight is 445 g/mol. The molecule has 1 saturated heterocycles. The third-order valence-corrected chi connectivity index (χ3v) is 6.49. The molecule has 2 heterocycles. The van der Waals surface area contributed by atoms with Gasteiger partial charge in [0.15, 0.2) is 11.5 Å². The van der Waals surface area contributed by atoms with Crippen molar-refractivity contribution in [2.75, 3.05) is 40.4 Å². The number of hydrogen-bond acceptors (Lipinski definition) is 7. The number of ketones is 1. The van der Waals surface area contributed by atoms with Crippen LogP contribution >= 0.6 is 11.3 Å². The third-order valence-electron chi connectivity index (χ3n) is 5.56. The Morgan fingerprint density at radius 3 is 2.42 bits per heavy atom. The molecule has 0 saturated carbocycles. The molecule has 1 aromatic heterocycles. The fourth-order valence-electron chi connectivity index (χ4n) is 3.78. The number of likely N-dealkylation sites (N-methyl/N-ethyl adjacent to an activating group) is 1.